The number of amides is 1. The molecule has 1 aromatic rings. The topological polar surface area (TPSA) is 95.9 Å². The Morgan fingerprint density at radius 3 is 2.19 bits per heavy atom. The predicted octanol–water partition coefficient (Wildman–Crippen LogP) is 2.66. The standard InChI is InChI=1S/C13H20N2O5S/c1-5-15(12(16)20-13(2,3)4)11-8-6-10(7-9-11)14-21(17,18)19/h6-9,14H,5H2,1-4H3,(H,17,18,19). The van der Waals surface area contributed by atoms with Gasteiger partial charge in [0.1, 0.15) is 5.60 Å². The molecule has 0 aliphatic rings. The Bertz CT molecular complexity index is 590. The highest BCUT2D eigenvalue weighted by molar-refractivity contribution is 7.87. The molecule has 8 heteroatoms. The molecule has 2 N–H and O–H groups in total. The fourth-order valence-electron chi connectivity index (χ4n) is 1.59. The lowest BCUT2D eigenvalue weighted by Crippen LogP contribution is -2.36. The zero-order valence-electron chi connectivity index (χ0n) is 12.5. The van der Waals surface area contributed by atoms with Gasteiger partial charge in [0, 0.05) is 12.2 Å². The van der Waals surface area contributed by atoms with Gasteiger partial charge in [0.2, 0.25) is 0 Å². The van der Waals surface area contributed by atoms with Crippen LogP contribution < -0.4 is 9.62 Å². The highest BCUT2D eigenvalue weighted by Gasteiger charge is 2.22. The summed E-state index contributed by atoms with van der Waals surface area (Å²) in [6.07, 6.45) is -0.486. The molecule has 1 amide bonds. The molecule has 118 valence electrons. The van der Waals surface area contributed by atoms with Crippen LogP contribution in [0.5, 0.6) is 0 Å². The molecule has 21 heavy (non-hydrogen) atoms. The lowest BCUT2D eigenvalue weighted by atomic mass is 10.2. The Kier molecular flexibility index (Phi) is 5.19. The first-order chi connectivity index (χ1) is 9.52. The summed E-state index contributed by atoms with van der Waals surface area (Å²) in [6, 6.07) is 5.99. The van der Waals surface area contributed by atoms with Crippen LogP contribution in [0.15, 0.2) is 24.3 Å². The largest absolute Gasteiger partial charge is 0.443 e. The van der Waals surface area contributed by atoms with Crippen LogP contribution >= 0.6 is 0 Å². The van der Waals surface area contributed by atoms with E-state index < -0.39 is 22.0 Å². The highest BCUT2D eigenvalue weighted by atomic mass is 32.2. The minimum atomic E-state index is -4.31. The lowest BCUT2D eigenvalue weighted by molar-refractivity contribution is 0.0582. The van der Waals surface area contributed by atoms with Crippen molar-refractivity contribution in [2.45, 2.75) is 33.3 Å². The molecule has 0 fully saturated rings. The molecule has 0 bridgehead atoms. The zero-order chi connectivity index (χ0) is 16.3. The molecule has 1 rings (SSSR count). The van der Waals surface area contributed by atoms with Crippen LogP contribution in [-0.4, -0.2) is 31.2 Å². The number of hydrogen-bond donors (Lipinski definition) is 2. The van der Waals surface area contributed by atoms with Gasteiger partial charge in [-0.3, -0.25) is 14.2 Å². The molecule has 0 radical (unpaired) electrons. The van der Waals surface area contributed by atoms with Crippen molar-refractivity contribution < 1.29 is 22.5 Å². The van der Waals surface area contributed by atoms with Crippen molar-refractivity contribution in [3.05, 3.63) is 24.3 Å². The third kappa shape index (κ3) is 6.01. The molecule has 0 aliphatic heterocycles. The van der Waals surface area contributed by atoms with Gasteiger partial charge in [-0.15, -0.1) is 0 Å². The second kappa shape index (κ2) is 6.31. The first-order valence-electron chi connectivity index (χ1n) is 6.37. The summed E-state index contributed by atoms with van der Waals surface area (Å²) in [4.78, 5) is 13.5. The number of nitrogens with one attached hydrogen (secondary N) is 1. The molecule has 0 heterocycles. The van der Waals surface area contributed by atoms with E-state index in [0.29, 0.717) is 12.2 Å². The third-order valence-corrected chi connectivity index (χ3v) is 2.85. The molecular formula is C13H20N2O5S. The summed E-state index contributed by atoms with van der Waals surface area (Å²) < 4.78 is 37.3. The molecule has 7 nitrogen and oxygen atoms in total. The van der Waals surface area contributed by atoms with E-state index in [1.165, 1.54) is 17.0 Å². The molecule has 0 saturated heterocycles. The molecule has 0 spiro atoms. The van der Waals surface area contributed by atoms with Gasteiger partial charge in [0.05, 0.1) is 5.69 Å². The monoisotopic (exact) mass is 316 g/mol. The van der Waals surface area contributed by atoms with Gasteiger partial charge >= 0.3 is 16.4 Å². The summed E-state index contributed by atoms with van der Waals surface area (Å²) in [7, 11) is -4.31. The van der Waals surface area contributed by atoms with Gasteiger partial charge in [0.25, 0.3) is 0 Å². The Morgan fingerprint density at radius 1 is 1.29 bits per heavy atom. The second-order valence-corrected chi connectivity index (χ2v) is 6.50. The molecule has 0 aliphatic carbocycles. The van der Waals surface area contributed by atoms with Crippen LogP contribution in [-0.2, 0) is 15.0 Å². The number of carbonyl (C=O) groups is 1. The van der Waals surface area contributed by atoms with Crippen LogP contribution in [0.25, 0.3) is 0 Å². The van der Waals surface area contributed by atoms with Crippen molar-refractivity contribution in [2.75, 3.05) is 16.2 Å². The first kappa shape index (κ1) is 17.3. The minimum absolute atomic E-state index is 0.196. The van der Waals surface area contributed by atoms with E-state index in [4.69, 9.17) is 9.29 Å². The van der Waals surface area contributed by atoms with Crippen LogP contribution in [0.4, 0.5) is 16.2 Å². The van der Waals surface area contributed by atoms with Crippen molar-refractivity contribution in [1.29, 1.82) is 0 Å². The molecule has 0 saturated carbocycles. The number of nitrogens with zero attached hydrogens (tertiary/aromatic N) is 1. The van der Waals surface area contributed by atoms with Gasteiger partial charge in [-0.05, 0) is 52.0 Å². The molecule has 0 unspecified atom stereocenters. The Morgan fingerprint density at radius 2 is 1.81 bits per heavy atom. The smallest absolute Gasteiger partial charge is 0.414 e. The summed E-state index contributed by atoms with van der Waals surface area (Å²) in [5.74, 6) is 0. The lowest BCUT2D eigenvalue weighted by Gasteiger charge is -2.26. The fraction of sp³-hybridized carbons (Fsp3) is 0.462. The first-order valence-corrected chi connectivity index (χ1v) is 7.81. The summed E-state index contributed by atoms with van der Waals surface area (Å²) in [6.45, 7) is 7.53. The summed E-state index contributed by atoms with van der Waals surface area (Å²) in [5, 5.41) is 0. The van der Waals surface area contributed by atoms with Crippen molar-refractivity contribution in [1.82, 2.24) is 0 Å². The quantitative estimate of drug-likeness (QED) is 0.833. The molecule has 1 aromatic carbocycles. The maximum absolute atomic E-state index is 12.1. The van der Waals surface area contributed by atoms with Gasteiger partial charge in [-0.25, -0.2) is 4.79 Å². The summed E-state index contributed by atoms with van der Waals surface area (Å²) >= 11 is 0. The third-order valence-electron chi connectivity index (χ3n) is 2.36. The van der Waals surface area contributed by atoms with E-state index in [-0.39, 0.29) is 5.69 Å². The maximum atomic E-state index is 12.1. The average Bonchev–Trinajstić information content (AvgIpc) is 2.28. The fourth-order valence-corrected chi connectivity index (χ4v) is 2.03. The van der Waals surface area contributed by atoms with Gasteiger partial charge in [0.15, 0.2) is 0 Å². The van der Waals surface area contributed by atoms with Gasteiger partial charge in [-0.2, -0.15) is 8.42 Å². The highest BCUT2D eigenvalue weighted by Crippen LogP contribution is 2.21. The Balaban J connectivity index is 2.90. The number of ether oxygens (including phenoxy) is 1. The average molecular weight is 316 g/mol. The van der Waals surface area contributed by atoms with Gasteiger partial charge in [-0.1, -0.05) is 0 Å². The van der Waals surface area contributed by atoms with E-state index in [1.807, 2.05) is 4.72 Å². The van der Waals surface area contributed by atoms with E-state index in [0.717, 1.165) is 0 Å². The maximum Gasteiger partial charge on any atom is 0.414 e. The van der Waals surface area contributed by atoms with Crippen molar-refractivity contribution in [3.63, 3.8) is 0 Å². The van der Waals surface area contributed by atoms with Crippen LogP contribution in [0.1, 0.15) is 27.7 Å². The minimum Gasteiger partial charge on any atom is -0.443 e. The number of carbonyl (C=O) groups excluding carboxylic acids is 1. The van der Waals surface area contributed by atoms with E-state index in [1.54, 1.807) is 39.8 Å². The van der Waals surface area contributed by atoms with Crippen LogP contribution in [0.2, 0.25) is 0 Å². The second-order valence-electron chi connectivity index (χ2n) is 5.35. The Hall–Kier alpha value is -1.80. The van der Waals surface area contributed by atoms with Crippen LogP contribution in [0, 0.1) is 0 Å². The normalized spacial score (nSPS) is 11.9. The van der Waals surface area contributed by atoms with Crippen LogP contribution in [0.3, 0.4) is 0 Å². The van der Waals surface area contributed by atoms with Crippen molar-refractivity contribution in [3.8, 4) is 0 Å². The van der Waals surface area contributed by atoms with Gasteiger partial charge < -0.3 is 4.74 Å². The van der Waals surface area contributed by atoms with Crippen molar-refractivity contribution in [2.24, 2.45) is 0 Å². The van der Waals surface area contributed by atoms with Crippen molar-refractivity contribution >= 4 is 27.8 Å². The molecule has 0 aromatic heterocycles. The van der Waals surface area contributed by atoms with E-state index in [2.05, 4.69) is 0 Å². The Labute approximate surface area is 124 Å². The van der Waals surface area contributed by atoms with E-state index in [9.17, 15) is 13.2 Å². The number of hydrogen-bond acceptors (Lipinski definition) is 4. The number of rotatable bonds is 4. The zero-order valence-corrected chi connectivity index (χ0v) is 13.3. The van der Waals surface area contributed by atoms with E-state index >= 15 is 0 Å². The number of benzene rings is 1. The molecule has 0 atom stereocenters. The summed E-state index contributed by atoms with van der Waals surface area (Å²) in [5.41, 5.74) is 0.158. The predicted molar refractivity (Wildman–Crippen MR) is 80.9 cm³/mol. The SMILES string of the molecule is CCN(C(=O)OC(C)(C)C)c1ccc(NS(=O)(=O)O)cc1. The molecular weight excluding hydrogens is 296 g/mol. The number of anilines is 2.